The number of halogens is 2. The van der Waals surface area contributed by atoms with E-state index in [0.29, 0.717) is 26.9 Å². The summed E-state index contributed by atoms with van der Waals surface area (Å²) in [7, 11) is 0. The predicted octanol–water partition coefficient (Wildman–Crippen LogP) is 3.43. The van der Waals surface area contributed by atoms with E-state index in [1.165, 1.54) is 11.8 Å². The SMILES string of the molecule is CC(Sc1nnnn1C1CC1)C(=O)Nc1ccc(Cl)cc1Cl. The van der Waals surface area contributed by atoms with Crippen LogP contribution in [0.15, 0.2) is 23.4 Å². The third-order valence-corrected chi connectivity index (χ3v) is 4.79. The summed E-state index contributed by atoms with van der Waals surface area (Å²) in [5.74, 6) is -0.167. The van der Waals surface area contributed by atoms with E-state index in [9.17, 15) is 4.79 Å². The Labute approximate surface area is 141 Å². The topological polar surface area (TPSA) is 72.7 Å². The molecule has 1 atom stereocenters. The highest BCUT2D eigenvalue weighted by atomic mass is 35.5. The molecule has 9 heteroatoms. The first-order valence-electron chi connectivity index (χ1n) is 6.75. The van der Waals surface area contributed by atoms with Crippen molar-refractivity contribution in [2.75, 3.05) is 5.32 Å². The second kappa shape index (κ2) is 6.44. The van der Waals surface area contributed by atoms with Crippen LogP contribution in [0.1, 0.15) is 25.8 Å². The highest BCUT2D eigenvalue weighted by molar-refractivity contribution is 8.00. The highest BCUT2D eigenvalue weighted by Crippen LogP contribution is 2.37. The maximum atomic E-state index is 12.3. The van der Waals surface area contributed by atoms with Gasteiger partial charge in [-0.15, -0.1) is 5.10 Å². The van der Waals surface area contributed by atoms with Crippen molar-refractivity contribution in [3.8, 4) is 0 Å². The molecule has 0 saturated heterocycles. The average Bonchev–Trinajstić information content (AvgIpc) is 3.22. The lowest BCUT2D eigenvalue weighted by Crippen LogP contribution is -2.23. The van der Waals surface area contributed by atoms with Gasteiger partial charge in [0.15, 0.2) is 0 Å². The fourth-order valence-corrected chi connectivity index (χ4v) is 3.16. The van der Waals surface area contributed by atoms with Gasteiger partial charge >= 0.3 is 0 Å². The van der Waals surface area contributed by atoms with E-state index >= 15 is 0 Å². The highest BCUT2D eigenvalue weighted by Gasteiger charge is 2.29. The van der Waals surface area contributed by atoms with Gasteiger partial charge in [0.05, 0.1) is 22.0 Å². The molecule has 1 heterocycles. The number of tetrazole rings is 1. The maximum Gasteiger partial charge on any atom is 0.237 e. The van der Waals surface area contributed by atoms with Crippen LogP contribution >= 0.6 is 35.0 Å². The van der Waals surface area contributed by atoms with Gasteiger partial charge in [-0.25, -0.2) is 4.68 Å². The molecule has 2 aromatic rings. The van der Waals surface area contributed by atoms with Crippen molar-refractivity contribution in [1.29, 1.82) is 0 Å². The van der Waals surface area contributed by atoms with Crippen LogP contribution in [0, 0.1) is 0 Å². The molecule has 1 aliphatic rings. The zero-order valence-electron chi connectivity index (χ0n) is 11.7. The number of thioether (sulfide) groups is 1. The molecule has 0 aliphatic heterocycles. The van der Waals surface area contributed by atoms with Crippen LogP contribution < -0.4 is 5.32 Å². The number of carbonyl (C=O) groups excluding carboxylic acids is 1. The van der Waals surface area contributed by atoms with E-state index in [4.69, 9.17) is 23.2 Å². The molecule has 1 aliphatic carbocycles. The molecule has 1 aromatic heterocycles. The Hall–Kier alpha value is -1.31. The maximum absolute atomic E-state index is 12.3. The second-order valence-corrected chi connectivity index (χ2v) is 7.16. The zero-order valence-corrected chi connectivity index (χ0v) is 14.0. The van der Waals surface area contributed by atoms with Crippen LogP contribution in [0.5, 0.6) is 0 Å². The summed E-state index contributed by atoms with van der Waals surface area (Å²) in [6.07, 6.45) is 2.17. The molecule has 22 heavy (non-hydrogen) atoms. The first-order chi connectivity index (χ1) is 10.5. The van der Waals surface area contributed by atoms with Crippen molar-refractivity contribution in [3.63, 3.8) is 0 Å². The summed E-state index contributed by atoms with van der Waals surface area (Å²) in [6.45, 7) is 1.80. The first kappa shape index (κ1) is 15.6. The summed E-state index contributed by atoms with van der Waals surface area (Å²) < 4.78 is 1.78. The van der Waals surface area contributed by atoms with E-state index in [2.05, 4.69) is 20.8 Å². The normalized spacial score (nSPS) is 15.6. The average molecular weight is 358 g/mol. The fourth-order valence-electron chi connectivity index (χ4n) is 1.85. The van der Waals surface area contributed by atoms with Crippen LogP contribution in [-0.2, 0) is 4.79 Å². The summed E-state index contributed by atoms with van der Waals surface area (Å²) in [5.41, 5.74) is 0.533. The van der Waals surface area contributed by atoms with Crippen LogP contribution in [0.2, 0.25) is 10.0 Å². The molecule has 1 unspecified atom stereocenters. The molecule has 1 aromatic carbocycles. The number of nitrogens with one attached hydrogen (secondary N) is 1. The third-order valence-electron chi connectivity index (χ3n) is 3.20. The molecule has 1 amide bonds. The van der Waals surface area contributed by atoms with Crippen molar-refractivity contribution in [2.45, 2.75) is 36.2 Å². The van der Waals surface area contributed by atoms with Gasteiger partial charge in [-0.1, -0.05) is 35.0 Å². The molecular formula is C13H13Cl2N5OS. The molecule has 1 fully saturated rings. The molecule has 0 spiro atoms. The Morgan fingerprint density at radius 3 is 2.91 bits per heavy atom. The lowest BCUT2D eigenvalue weighted by Gasteiger charge is -2.12. The fraction of sp³-hybridized carbons (Fsp3) is 0.385. The summed E-state index contributed by atoms with van der Waals surface area (Å²) in [6, 6.07) is 5.31. The number of rotatable bonds is 5. The molecule has 1 N–H and O–H groups in total. The van der Waals surface area contributed by atoms with Gasteiger partial charge in [0.25, 0.3) is 0 Å². The number of hydrogen-bond acceptors (Lipinski definition) is 5. The quantitative estimate of drug-likeness (QED) is 0.829. The molecular weight excluding hydrogens is 345 g/mol. The van der Waals surface area contributed by atoms with Gasteiger partial charge in [0, 0.05) is 5.02 Å². The minimum absolute atomic E-state index is 0.167. The number of amides is 1. The largest absolute Gasteiger partial charge is 0.324 e. The number of nitrogens with zero attached hydrogens (tertiary/aromatic N) is 4. The Balaban J connectivity index is 1.65. The standard InChI is InChI=1S/C13H13Cl2N5OS/c1-7(22-13-17-18-19-20(13)9-3-4-9)12(21)16-11-5-2-8(14)6-10(11)15/h2,5-7,9H,3-4H2,1H3,(H,16,21). The predicted molar refractivity (Wildman–Crippen MR) is 86.5 cm³/mol. The summed E-state index contributed by atoms with van der Waals surface area (Å²) in [4.78, 5) is 12.3. The van der Waals surface area contributed by atoms with Gasteiger partial charge in [0.1, 0.15) is 0 Å². The molecule has 1 saturated carbocycles. The number of hydrogen-bond donors (Lipinski definition) is 1. The van der Waals surface area contributed by atoms with E-state index in [-0.39, 0.29) is 11.2 Å². The van der Waals surface area contributed by atoms with Crippen LogP contribution in [0.4, 0.5) is 5.69 Å². The molecule has 0 bridgehead atoms. The van der Waals surface area contributed by atoms with Gasteiger partial charge in [-0.3, -0.25) is 4.79 Å². The van der Waals surface area contributed by atoms with E-state index in [1.54, 1.807) is 29.8 Å². The van der Waals surface area contributed by atoms with Crippen molar-refractivity contribution < 1.29 is 4.79 Å². The first-order valence-corrected chi connectivity index (χ1v) is 8.38. The van der Waals surface area contributed by atoms with Gasteiger partial charge in [0.2, 0.25) is 11.1 Å². The van der Waals surface area contributed by atoms with Gasteiger partial charge in [-0.2, -0.15) is 0 Å². The Morgan fingerprint density at radius 1 is 1.45 bits per heavy atom. The number of benzene rings is 1. The van der Waals surface area contributed by atoms with Crippen LogP contribution in [0.25, 0.3) is 0 Å². The number of aromatic nitrogens is 4. The smallest absolute Gasteiger partial charge is 0.237 e. The minimum Gasteiger partial charge on any atom is -0.324 e. The van der Waals surface area contributed by atoms with E-state index in [0.717, 1.165) is 12.8 Å². The van der Waals surface area contributed by atoms with Crippen molar-refractivity contribution in [3.05, 3.63) is 28.2 Å². The zero-order chi connectivity index (χ0) is 15.7. The van der Waals surface area contributed by atoms with Crippen molar-refractivity contribution in [1.82, 2.24) is 20.2 Å². The second-order valence-electron chi connectivity index (χ2n) is 5.01. The monoisotopic (exact) mass is 357 g/mol. The Bertz CT molecular complexity index is 703. The number of anilines is 1. The molecule has 0 radical (unpaired) electrons. The number of carbonyl (C=O) groups is 1. The summed E-state index contributed by atoms with van der Waals surface area (Å²) >= 11 is 13.2. The molecule has 3 rings (SSSR count). The lowest BCUT2D eigenvalue weighted by molar-refractivity contribution is -0.115. The van der Waals surface area contributed by atoms with E-state index < -0.39 is 0 Å². The van der Waals surface area contributed by atoms with Gasteiger partial charge in [-0.05, 0) is 48.4 Å². The van der Waals surface area contributed by atoms with E-state index in [1.807, 2.05) is 0 Å². The molecule has 116 valence electrons. The third kappa shape index (κ3) is 3.53. The van der Waals surface area contributed by atoms with Gasteiger partial charge < -0.3 is 5.32 Å². The minimum atomic E-state index is -0.352. The Morgan fingerprint density at radius 2 is 2.23 bits per heavy atom. The van der Waals surface area contributed by atoms with Crippen LogP contribution in [-0.4, -0.2) is 31.4 Å². The Kier molecular flexibility index (Phi) is 4.56. The van der Waals surface area contributed by atoms with Crippen molar-refractivity contribution in [2.24, 2.45) is 0 Å². The van der Waals surface area contributed by atoms with Crippen molar-refractivity contribution >= 4 is 46.6 Å². The lowest BCUT2D eigenvalue weighted by atomic mass is 10.3. The van der Waals surface area contributed by atoms with Crippen LogP contribution in [0.3, 0.4) is 0 Å². The summed E-state index contributed by atoms with van der Waals surface area (Å²) in [5, 5.41) is 15.6. The molecule has 6 nitrogen and oxygen atoms in total.